The van der Waals surface area contributed by atoms with E-state index in [-0.39, 0.29) is 0 Å². The van der Waals surface area contributed by atoms with Crippen LogP contribution in [0.5, 0.6) is 0 Å². The lowest BCUT2D eigenvalue weighted by molar-refractivity contribution is 0.532. The van der Waals surface area contributed by atoms with Crippen LogP contribution in [0.25, 0.3) is 0 Å². The van der Waals surface area contributed by atoms with Gasteiger partial charge in [0, 0.05) is 18.3 Å². The standard InChI is InChI=1S/C15H26N3OPS/c1-5-14(4)21-20(19,17-6-2)18(7-3)13-16-15-11-9-8-10-12-15/h8-14H,5-7H2,1-4H3,(H,17,19). The molecule has 0 radical (unpaired) electrons. The van der Waals surface area contributed by atoms with Crippen molar-refractivity contribution < 1.29 is 4.57 Å². The molecule has 2 unspecified atom stereocenters. The summed E-state index contributed by atoms with van der Waals surface area (Å²) in [5.74, 6) is 0. The first-order valence-electron chi connectivity index (χ1n) is 7.45. The van der Waals surface area contributed by atoms with E-state index in [9.17, 15) is 4.57 Å². The Hall–Kier alpha value is -0.770. The van der Waals surface area contributed by atoms with Crippen LogP contribution in [0, 0.1) is 0 Å². The highest BCUT2D eigenvalue weighted by Gasteiger charge is 2.29. The zero-order valence-corrected chi connectivity index (χ0v) is 15.0. The molecule has 118 valence electrons. The van der Waals surface area contributed by atoms with E-state index >= 15 is 0 Å². The predicted octanol–water partition coefficient (Wildman–Crippen LogP) is 4.92. The number of benzene rings is 1. The first kappa shape index (κ1) is 18.3. The highest BCUT2D eigenvalue weighted by Crippen LogP contribution is 2.59. The van der Waals surface area contributed by atoms with Crippen molar-refractivity contribution in [3.63, 3.8) is 0 Å². The van der Waals surface area contributed by atoms with Gasteiger partial charge in [-0.2, -0.15) is 0 Å². The van der Waals surface area contributed by atoms with Crippen molar-refractivity contribution in [2.75, 3.05) is 13.1 Å². The number of hydrogen-bond acceptors (Lipinski definition) is 3. The van der Waals surface area contributed by atoms with E-state index < -0.39 is 6.65 Å². The molecule has 0 aliphatic heterocycles. The first-order chi connectivity index (χ1) is 10.1. The van der Waals surface area contributed by atoms with Crippen LogP contribution in [0.3, 0.4) is 0 Å². The van der Waals surface area contributed by atoms with Gasteiger partial charge in [0.2, 0.25) is 0 Å². The van der Waals surface area contributed by atoms with Gasteiger partial charge in [-0.3, -0.25) is 9.24 Å². The van der Waals surface area contributed by atoms with Crippen LogP contribution in [0.1, 0.15) is 34.1 Å². The van der Waals surface area contributed by atoms with Gasteiger partial charge in [0.25, 0.3) is 6.65 Å². The highest BCUT2D eigenvalue weighted by atomic mass is 32.7. The van der Waals surface area contributed by atoms with Crippen molar-refractivity contribution in [1.82, 2.24) is 9.76 Å². The average Bonchev–Trinajstić information content (AvgIpc) is 2.48. The summed E-state index contributed by atoms with van der Waals surface area (Å²) in [6, 6.07) is 9.72. The molecule has 0 heterocycles. The Labute approximate surface area is 132 Å². The SMILES string of the molecule is CCNP(=O)(SC(C)CC)N(C=Nc1ccccc1)CC. The van der Waals surface area contributed by atoms with Crippen LogP contribution in [-0.2, 0) is 4.57 Å². The second-order valence-electron chi connectivity index (χ2n) is 4.69. The van der Waals surface area contributed by atoms with Gasteiger partial charge in [0.1, 0.15) is 0 Å². The fourth-order valence-electron chi connectivity index (χ4n) is 1.69. The molecule has 1 aromatic rings. The average molecular weight is 327 g/mol. The largest absolute Gasteiger partial charge is 0.294 e. The van der Waals surface area contributed by atoms with Gasteiger partial charge < -0.3 is 0 Å². The molecule has 0 aliphatic rings. The summed E-state index contributed by atoms with van der Waals surface area (Å²) in [5.41, 5.74) is 0.868. The third-order valence-electron chi connectivity index (χ3n) is 3.01. The second-order valence-corrected chi connectivity index (χ2v) is 9.70. The van der Waals surface area contributed by atoms with E-state index in [1.807, 2.05) is 48.8 Å². The highest BCUT2D eigenvalue weighted by molar-refractivity contribution is 8.57. The van der Waals surface area contributed by atoms with Gasteiger partial charge in [0.15, 0.2) is 0 Å². The maximum atomic E-state index is 13.2. The van der Waals surface area contributed by atoms with Gasteiger partial charge in [-0.15, -0.1) is 0 Å². The third-order valence-corrected chi connectivity index (χ3v) is 8.72. The Morgan fingerprint density at radius 3 is 2.52 bits per heavy atom. The van der Waals surface area contributed by atoms with E-state index in [0.717, 1.165) is 12.1 Å². The molecule has 6 heteroatoms. The molecule has 0 aromatic heterocycles. The topological polar surface area (TPSA) is 44.7 Å². The molecule has 0 fully saturated rings. The Morgan fingerprint density at radius 2 is 2.00 bits per heavy atom. The van der Waals surface area contributed by atoms with Crippen molar-refractivity contribution in [2.24, 2.45) is 4.99 Å². The first-order valence-corrected chi connectivity index (χ1v) is 10.6. The predicted molar refractivity (Wildman–Crippen MR) is 95.6 cm³/mol. The van der Waals surface area contributed by atoms with Crippen LogP contribution in [0.2, 0.25) is 0 Å². The molecular formula is C15H26N3OPS. The van der Waals surface area contributed by atoms with Crippen LogP contribution in [-0.4, -0.2) is 29.3 Å². The number of nitrogens with one attached hydrogen (secondary N) is 1. The normalized spacial score (nSPS) is 15.8. The monoisotopic (exact) mass is 327 g/mol. The second kappa shape index (κ2) is 9.29. The molecular weight excluding hydrogens is 301 g/mol. The quantitative estimate of drug-likeness (QED) is 0.397. The zero-order valence-electron chi connectivity index (χ0n) is 13.3. The lowest BCUT2D eigenvalue weighted by atomic mass is 10.3. The van der Waals surface area contributed by atoms with Crippen molar-refractivity contribution in [3.05, 3.63) is 30.3 Å². The molecule has 2 atom stereocenters. The molecule has 0 spiro atoms. The Kier molecular flexibility index (Phi) is 8.09. The number of para-hydroxylation sites is 1. The Balaban J connectivity index is 2.91. The maximum Gasteiger partial charge on any atom is 0.293 e. The van der Waals surface area contributed by atoms with E-state index in [4.69, 9.17) is 0 Å². The van der Waals surface area contributed by atoms with Crippen LogP contribution in [0.4, 0.5) is 5.69 Å². The van der Waals surface area contributed by atoms with Gasteiger partial charge in [-0.25, -0.2) is 10.1 Å². The number of hydrogen-bond donors (Lipinski definition) is 1. The molecule has 21 heavy (non-hydrogen) atoms. The molecule has 0 saturated carbocycles. The van der Waals surface area contributed by atoms with E-state index in [1.165, 1.54) is 11.4 Å². The van der Waals surface area contributed by atoms with E-state index in [2.05, 4.69) is 23.9 Å². The lowest BCUT2D eigenvalue weighted by Gasteiger charge is -2.30. The number of rotatable bonds is 9. The van der Waals surface area contributed by atoms with Gasteiger partial charge in [-0.1, -0.05) is 50.4 Å². The van der Waals surface area contributed by atoms with Crippen LogP contribution >= 0.6 is 18.0 Å². The minimum Gasteiger partial charge on any atom is -0.294 e. The molecule has 0 saturated heterocycles. The van der Waals surface area contributed by atoms with Gasteiger partial charge >= 0.3 is 0 Å². The van der Waals surface area contributed by atoms with Gasteiger partial charge in [0.05, 0.1) is 12.0 Å². The van der Waals surface area contributed by atoms with E-state index in [0.29, 0.717) is 18.3 Å². The third kappa shape index (κ3) is 5.85. The molecule has 1 rings (SSSR count). The molecule has 1 N–H and O–H groups in total. The van der Waals surface area contributed by atoms with Crippen molar-refractivity contribution >= 4 is 30.1 Å². The summed E-state index contributed by atoms with van der Waals surface area (Å²) in [4.78, 5) is 4.43. The minimum atomic E-state index is -2.69. The fourth-order valence-corrected chi connectivity index (χ4v) is 7.02. The Bertz CT molecular complexity index is 481. The maximum absolute atomic E-state index is 13.2. The smallest absolute Gasteiger partial charge is 0.293 e. The molecule has 4 nitrogen and oxygen atoms in total. The van der Waals surface area contributed by atoms with E-state index in [1.54, 1.807) is 6.34 Å². The lowest BCUT2D eigenvalue weighted by Crippen LogP contribution is -2.26. The minimum absolute atomic E-state index is 0.342. The molecule has 0 aliphatic carbocycles. The van der Waals surface area contributed by atoms with Crippen molar-refractivity contribution in [2.45, 2.75) is 39.4 Å². The zero-order chi connectivity index (χ0) is 15.7. The number of nitrogens with zero attached hydrogens (tertiary/aromatic N) is 2. The summed E-state index contributed by atoms with van der Waals surface area (Å²) in [7, 11) is 0. The number of aliphatic imine (C=N–C) groups is 1. The van der Waals surface area contributed by atoms with Crippen LogP contribution < -0.4 is 5.09 Å². The van der Waals surface area contributed by atoms with Crippen molar-refractivity contribution in [1.29, 1.82) is 0 Å². The molecule has 0 amide bonds. The summed E-state index contributed by atoms with van der Waals surface area (Å²) in [5, 5.41) is 3.51. The fraction of sp³-hybridized carbons (Fsp3) is 0.533. The summed E-state index contributed by atoms with van der Waals surface area (Å²) < 4.78 is 15.1. The van der Waals surface area contributed by atoms with Crippen LogP contribution in [0.15, 0.2) is 35.3 Å². The summed E-state index contributed by atoms with van der Waals surface area (Å²) in [6.45, 7) is 6.84. The van der Waals surface area contributed by atoms with Gasteiger partial charge in [-0.05, 0) is 25.5 Å². The van der Waals surface area contributed by atoms with Crippen molar-refractivity contribution in [3.8, 4) is 0 Å². The molecule has 0 bridgehead atoms. The summed E-state index contributed by atoms with van der Waals surface area (Å²) in [6.07, 6.45) is 2.70. The Morgan fingerprint density at radius 1 is 1.33 bits per heavy atom. The molecule has 1 aromatic carbocycles. The summed E-state index contributed by atoms with van der Waals surface area (Å²) >= 11 is 1.52.